The fourth-order valence-corrected chi connectivity index (χ4v) is 6.63. The Kier molecular flexibility index (Phi) is 6.43. The second-order valence-corrected chi connectivity index (χ2v) is 11.1. The lowest BCUT2D eigenvalue weighted by atomic mass is 9.49. The molecule has 0 bridgehead atoms. The molecule has 192 valence electrons. The second kappa shape index (κ2) is 9.29. The molecule has 0 saturated heterocycles. The van der Waals surface area contributed by atoms with Crippen LogP contribution in [0.4, 0.5) is 0 Å². The predicted octanol–water partition coefficient (Wildman–Crippen LogP) is 4.35. The molecular formula is C29H37N3O4. The van der Waals surface area contributed by atoms with Gasteiger partial charge in [0, 0.05) is 5.41 Å². The van der Waals surface area contributed by atoms with Crippen molar-refractivity contribution in [1.82, 2.24) is 15.0 Å². The van der Waals surface area contributed by atoms with E-state index in [1.807, 2.05) is 55.4 Å². The first kappa shape index (κ1) is 24.9. The molecule has 36 heavy (non-hydrogen) atoms. The SMILES string of the molecule is CC[C@@]12CC(C)(O)[C@](O)(c3ccccc3)C[C@H]1CCc1cc(OCc3noc(CN(C)C)n3)ccc12. The molecule has 1 heterocycles. The third kappa shape index (κ3) is 4.23. The molecule has 0 spiro atoms. The highest BCUT2D eigenvalue weighted by Crippen LogP contribution is 2.60. The molecule has 0 aliphatic heterocycles. The van der Waals surface area contributed by atoms with Crippen molar-refractivity contribution in [3.8, 4) is 5.75 Å². The molecule has 2 aromatic carbocycles. The van der Waals surface area contributed by atoms with Crippen molar-refractivity contribution in [3.05, 3.63) is 76.9 Å². The average molecular weight is 492 g/mol. The minimum atomic E-state index is -1.27. The second-order valence-electron chi connectivity index (χ2n) is 11.1. The molecule has 1 aromatic heterocycles. The number of ether oxygens (including phenoxy) is 1. The maximum Gasteiger partial charge on any atom is 0.240 e. The van der Waals surface area contributed by atoms with Gasteiger partial charge >= 0.3 is 0 Å². The number of fused-ring (bicyclic) bond motifs is 3. The lowest BCUT2D eigenvalue weighted by Crippen LogP contribution is -2.62. The Morgan fingerprint density at radius 1 is 1.14 bits per heavy atom. The first-order valence-electron chi connectivity index (χ1n) is 12.9. The molecule has 0 amide bonds. The highest BCUT2D eigenvalue weighted by Gasteiger charge is 2.60. The van der Waals surface area contributed by atoms with Gasteiger partial charge in [0.25, 0.3) is 0 Å². The van der Waals surface area contributed by atoms with Gasteiger partial charge in [0.05, 0.1) is 12.1 Å². The van der Waals surface area contributed by atoms with Gasteiger partial charge in [0.2, 0.25) is 11.7 Å². The first-order valence-corrected chi connectivity index (χ1v) is 12.9. The molecule has 0 radical (unpaired) electrons. The van der Waals surface area contributed by atoms with Crippen LogP contribution in [0, 0.1) is 5.92 Å². The summed E-state index contributed by atoms with van der Waals surface area (Å²) in [5, 5.41) is 27.6. The lowest BCUT2D eigenvalue weighted by molar-refractivity contribution is -0.205. The number of aliphatic hydroxyl groups is 2. The van der Waals surface area contributed by atoms with Gasteiger partial charge in [0.15, 0.2) is 6.61 Å². The van der Waals surface area contributed by atoms with E-state index in [1.54, 1.807) is 6.92 Å². The first-order chi connectivity index (χ1) is 17.2. The predicted molar refractivity (Wildman–Crippen MR) is 136 cm³/mol. The molecule has 1 unspecified atom stereocenters. The van der Waals surface area contributed by atoms with E-state index < -0.39 is 11.2 Å². The van der Waals surface area contributed by atoms with E-state index in [1.165, 1.54) is 11.1 Å². The summed E-state index contributed by atoms with van der Waals surface area (Å²) in [6.45, 7) is 4.84. The molecular weight excluding hydrogens is 454 g/mol. The van der Waals surface area contributed by atoms with Crippen molar-refractivity contribution in [2.75, 3.05) is 14.1 Å². The van der Waals surface area contributed by atoms with Crippen molar-refractivity contribution in [2.45, 2.75) is 75.7 Å². The molecule has 2 aliphatic rings. The Labute approximate surface area is 213 Å². The third-order valence-electron chi connectivity index (χ3n) is 8.46. The fraction of sp³-hybridized carbons (Fsp3) is 0.517. The number of aryl methyl sites for hydroxylation is 1. The zero-order chi connectivity index (χ0) is 25.6. The van der Waals surface area contributed by atoms with Gasteiger partial charge in [-0.05, 0) is 87.9 Å². The van der Waals surface area contributed by atoms with Crippen LogP contribution in [0.2, 0.25) is 0 Å². The zero-order valence-electron chi connectivity index (χ0n) is 21.7. The van der Waals surface area contributed by atoms with Crippen LogP contribution in [0.5, 0.6) is 5.75 Å². The Morgan fingerprint density at radius 2 is 1.92 bits per heavy atom. The van der Waals surface area contributed by atoms with Crippen LogP contribution >= 0.6 is 0 Å². The number of hydrogen-bond acceptors (Lipinski definition) is 7. The van der Waals surface area contributed by atoms with Gasteiger partial charge in [-0.25, -0.2) is 0 Å². The minimum Gasteiger partial charge on any atom is -0.485 e. The average Bonchev–Trinajstić information content (AvgIpc) is 3.30. The number of hydrogen-bond donors (Lipinski definition) is 2. The Morgan fingerprint density at radius 3 is 2.64 bits per heavy atom. The van der Waals surface area contributed by atoms with E-state index in [4.69, 9.17) is 9.26 Å². The standard InChI is InChI=1S/C29H37N3O4/c1-5-28-19-27(2,33)29(34,21-9-7-6-8-10-21)16-22(28)12-11-20-15-23(13-14-24(20)28)35-18-25-30-26(36-31-25)17-32(3)4/h6-10,13-15,22,33-34H,5,11-12,16-19H2,1-4H3/t22-,27?,28-,29-/m1/s1. The summed E-state index contributed by atoms with van der Waals surface area (Å²) in [5.41, 5.74) is 0.613. The van der Waals surface area contributed by atoms with Crippen molar-refractivity contribution in [3.63, 3.8) is 0 Å². The molecule has 1 fully saturated rings. The largest absolute Gasteiger partial charge is 0.485 e. The van der Waals surface area contributed by atoms with Gasteiger partial charge in [0.1, 0.15) is 11.4 Å². The highest BCUT2D eigenvalue weighted by atomic mass is 16.5. The van der Waals surface area contributed by atoms with Crippen molar-refractivity contribution >= 4 is 0 Å². The summed E-state index contributed by atoms with van der Waals surface area (Å²) in [5.74, 6) is 2.15. The molecule has 2 N–H and O–H groups in total. The summed E-state index contributed by atoms with van der Waals surface area (Å²) in [7, 11) is 3.91. The van der Waals surface area contributed by atoms with E-state index in [9.17, 15) is 10.2 Å². The molecule has 3 aromatic rings. The summed E-state index contributed by atoms with van der Waals surface area (Å²) in [4.78, 5) is 6.36. The molecule has 7 heteroatoms. The van der Waals surface area contributed by atoms with E-state index in [0.29, 0.717) is 31.1 Å². The molecule has 2 aliphatic carbocycles. The summed E-state index contributed by atoms with van der Waals surface area (Å²) in [6.07, 6.45) is 3.85. The minimum absolute atomic E-state index is 0.189. The molecule has 1 saturated carbocycles. The van der Waals surface area contributed by atoms with Gasteiger partial charge in [-0.1, -0.05) is 48.5 Å². The van der Waals surface area contributed by atoms with Gasteiger partial charge in [-0.15, -0.1) is 0 Å². The van der Waals surface area contributed by atoms with Crippen LogP contribution in [-0.2, 0) is 30.6 Å². The smallest absolute Gasteiger partial charge is 0.240 e. The van der Waals surface area contributed by atoms with Crippen LogP contribution < -0.4 is 4.74 Å². The normalized spacial score (nSPS) is 29.6. The van der Waals surface area contributed by atoms with E-state index in [-0.39, 0.29) is 17.9 Å². The van der Waals surface area contributed by atoms with Gasteiger partial charge < -0.3 is 24.4 Å². The lowest BCUT2D eigenvalue weighted by Gasteiger charge is -2.59. The Bertz CT molecular complexity index is 1210. The van der Waals surface area contributed by atoms with Crippen LogP contribution in [0.1, 0.15) is 67.9 Å². The molecule has 5 rings (SSSR count). The van der Waals surface area contributed by atoms with E-state index >= 15 is 0 Å². The zero-order valence-corrected chi connectivity index (χ0v) is 21.7. The fourth-order valence-electron chi connectivity index (χ4n) is 6.63. The Hall–Kier alpha value is -2.74. The summed E-state index contributed by atoms with van der Waals surface area (Å²) < 4.78 is 11.3. The summed E-state index contributed by atoms with van der Waals surface area (Å²) in [6, 6.07) is 16.0. The number of nitrogens with zero attached hydrogens (tertiary/aromatic N) is 3. The van der Waals surface area contributed by atoms with Crippen LogP contribution in [0.3, 0.4) is 0 Å². The van der Waals surface area contributed by atoms with Crippen LogP contribution in [0.15, 0.2) is 53.1 Å². The monoisotopic (exact) mass is 491 g/mol. The maximum absolute atomic E-state index is 11.8. The van der Waals surface area contributed by atoms with Gasteiger partial charge in [-0.3, -0.25) is 0 Å². The van der Waals surface area contributed by atoms with Crippen LogP contribution in [-0.4, -0.2) is 45.0 Å². The number of aromatic nitrogens is 2. The third-order valence-corrected chi connectivity index (χ3v) is 8.46. The maximum atomic E-state index is 11.8. The Balaban J connectivity index is 1.38. The van der Waals surface area contributed by atoms with Gasteiger partial charge in [-0.2, -0.15) is 4.98 Å². The van der Waals surface area contributed by atoms with Crippen molar-refractivity contribution in [1.29, 1.82) is 0 Å². The van der Waals surface area contributed by atoms with E-state index in [0.717, 1.165) is 30.6 Å². The van der Waals surface area contributed by atoms with Crippen LogP contribution in [0.25, 0.3) is 0 Å². The number of benzene rings is 2. The van der Waals surface area contributed by atoms with Crippen molar-refractivity contribution < 1.29 is 19.5 Å². The van der Waals surface area contributed by atoms with E-state index in [2.05, 4.69) is 29.2 Å². The highest BCUT2D eigenvalue weighted by molar-refractivity contribution is 5.45. The summed E-state index contributed by atoms with van der Waals surface area (Å²) >= 11 is 0. The topological polar surface area (TPSA) is 91.8 Å². The molecule has 4 atom stereocenters. The van der Waals surface area contributed by atoms with Crippen molar-refractivity contribution in [2.24, 2.45) is 5.92 Å². The number of rotatable bonds is 7. The molecule has 7 nitrogen and oxygen atoms in total. The quantitative estimate of drug-likeness (QED) is 0.508.